The van der Waals surface area contributed by atoms with Gasteiger partial charge < -0.3 is 14.2 Å². The number of hydrogen-bond acceptors (Lipinski definition) is 6. The summed E-state index contributed by atoms with van der Waals surface area (Å²) in [6.45, 7) is 8.87. The second-order valence-electron chi connectivity index (χ2n) is 6.55. The summed E-state index contributed by atoms with van der Waals surface area (Å²) in [6, 6.07) is 0. The van der Waals surface area contributed by atoms with Gasteiger partial charge in [-0.2, -0.15) is 0 Å². The fraction of sp³-hybridized carbons (Fsp3) is 0.800. The predicted octanol–water partition coefficient (Wildman–Crippen LogP) is 1.85. The Labute approximate surface area is 125 Å². The van der Waals surface area contributed by atoms with Crippen LogP contribution in [0.1, 0.15) is 47.5 Å². The first-order valence-electron chi connectivity index (χ1n) is 7.15. The minimum absolute atomic E-state index is 0.0874. The average molecular weight is 300 g/mol. The predicted molar refractivity (Wildman–Crippen MR) is 74.3 cm³/mol. The molecule has 0 spiro atoms. The van der Waals surface area contributed by atoms with Gasteiger partial charge >= 0.3 is 17.9 Å². The molecule has 0 aromatic carbocycles. The molecule has 6 heteroatoms. The van der Waals surface area contributed by atoms with Gasteiger partial charge in [-0.3, -0.25) is 9.59 Å². The van der Waals surface area contributed by atoms with Crippen molar-refractivity contribution in [2.45, 2.75) is 53.6 Å². The number of esters is 3. The molecule has 21 heavy (non-hydrogen) atoms. The SMILES string of the molecule is CCC(C)(C)C(=O)OCC(C)(C)C(=O)OC1CCOC1=O. The topological polar surface area (TPSA) is 78.9 Å². The minimum atomic E-state index is -1.01. The summed E-state index contributed by atoms with van der Waals surface area (Å²) in [6.07, 6.45) is 0.160. The van der Waals surface area contributed by atoms with Crippen LogP contribution in [0.15, 0.2) is 0 Å². The van der Waals surface area contributed by atoms with Crippen molar-refractivity contribution in [3.63, 3.8) is 0 Å². The second kappa shape index (κ2) is 6.45. The van der Waals surface area contributed by atoms with E-state index < -0.39 is 28.9 Å². The van der Waals surface area contributed by atoms with Gasteiger partial charge in [-0.25, -0.2) is 4.79 Å². The molecule has 1 heterocycles. The van der Waals surface area contributed by atoms with Crippen molar-refractivity contribution >= 4 is 17.9 Å². The van der Waals surface area contributed by atoms with Crippen molar-refractivity contribution in [3.05, 3.63) is 0 Å². The largest absolute Gasteiger partial charge is 0.464 e. The second-order valence-corrected chi connectivity index (χ2v) is 6.55. The van der Waals surface area contributed by atoms with Crippen LogP contribution in [0.4, 0.5) is 0 Å². The van der Waals surface area contributed by atoms with Crippen LogP contribution >= 0.6 is 0 Å². The van der Waals surface area contributed by atoms with Gasteiger partial charge in [0.25, 0.3) is 0 Å². The fourth-order valence-electron chi connectivity index (χ4n) is 1.52. The molecule has 0 aromatic rings. The van der Waals surface area contributed by atoms with Gasteiger partial charge in [-0.15, -0.1) is 0 Å². The van der Waals surface area contributed by atoms with Crippen molar-refractivity contribution in [1.29, 1.82) is 0 Å². The van der Waals surface area contributed by atoms with Gasteiger partial charge in [-0.05, 0) is 34.1 Å². The lowest BCUT2D eigenvalue weighted by Crippen LogP contribution is -2.38. The van der Waals surface area contributed by atoms with Gasteiger partial charge in [0.15, 0.2) is 0 Å². The van der Waals surface area contributed by atoms with Crippen LogP contribution in [-0.2, 0) is 28.6 Å². The quantitative estimate of drug-likeness (QED) is 0.550. The first kappa shape index (κ1) is 17.5. The lowest BCUT2D eigenvalue weighted by molar-refractivity contribution is -0.173. The highest BCUT2D eigenvalue weighted by Crippen LogP contribution is 2.25. The molecule has 0 aliphatic carbocycles. The molecule has 1 fully saturated rings. The maximum absolute atomic E-state index is 12.1. The van der Waals surface area contributed by atoms with E-state index in [0.29, 0.717) is 12.8 Å². The van der Waals surface area contributed by atoms with Crippen LogP contribution in [0.25, 0.3) is 0 Å². The Morgan fingerprint density at radius 1 is 1.19 bits per heavy atom. The van der Waals surface area contributed by atoms with Crippen LogP contribution in [0.2, 0.25) is 0 Å². The number of hydrogen-bond donors (Lipinski definition) is 0. The van der Waals surface area contributed by atoms with Crippen LogP contribution in [0, 0.1) is 10.8 Å². The highest BCUT2D eigenvalue weighted by Gasteiger charge is 2.38. The van der Waals surface area contributed by atoms with Gasteiger partial charge in [0, 0.05) is 6.42 Å². The Hall–Kier alpha value is -1.59. The molecular weight excluding hydrogens is 276 g/mol. The molecule has 6 nitrogen and oxygen atoms in total. The summed E-state index contributed by atoms with van der Waals surface area (Å²) in [5, 5.41) is 0. The zero-order valence-electron chi connectivity index (χ0n) is 13.4. The van der Waals surface area contributed by atoms with Crippen molar-refractivity contribution in [2.75, 3.05) is 13.2 Å². The van der Waals surface area contributed by atoms with E-state index in [4.69, 9.17) is 14.2 Å². The number of cyclic esters (lactones) is 1. The molecule has 1 rings (SSSR count). The molecular formula is C15H24O6. The third-order valence-corrected chi connectivity index (χ3v) is 3.69. The van der Waals surface area contributed by atoms with Crippen molar-refractivity contribution in [1.82, 2.24) is 0 Å². The molecule has 0 amide bonds. The van der Waals surface area contributed by atoms with E-state index in [-0.39, 0.29) is 19.2 Å². The lowest BCUT2D eigenvalue weighted by Gasteiger charge is -2.26. The third-order valence-electron chi connectivity index (χ3n) is 3.69. The molecule has 1 unspecified atom stereocenters. The molecule has 0 aromatic heterocycles. The van der Waals surface area contributed by atoms with E-state index in [1.165, 1.54) is 0 Å². The van der Waals surface area contributed by atoms with Gasteiger partial charge in [0.05, 0.1) is 17.4 Å². The maximum atomic E-state index is 12.1. The normalized spacial score (nSPS) is 19.1. The molecule has 1 atom stereocenters. The molecule has 1 saturated heterocycles. The van der Waals surface area contributed by atoms with Crippen LogP contribution < -0.4 is 0 Å². The molecule has 0 bridgehead atoms. The van der Waals surface area contributed by atoms with E-state index in [1.54, 1.807) is 27.7 Å². The average Bonchev–Trinajstić information content (AvgIpc) is 2.81. The number of carbonyl (C=O) groups excluding carboxylic acids is 3. The van der Waals surface area contributed by atoms with Crippen molar-refractivity contribution in [3.8, 4) is 0 Å². The lowest BCUT2D eigenvalue weighted by atomic mass is 9.90. The summed E-state index contributed by atoms with van der Waals surface area (Å²) in [5.74, 6) is -1.46. The van der Waals surface area contributed by atoms with E-state index >= 15 is 0 Å². The zero-order valence-corrected chi connectivity index (χ0v) is 13.4. The zero-order chi connectivity index (χ0) is 16.3. The number of carbonyl (C=O) groups is 3. The summed E-state index contributed by atoms with van der Waals surface area (Å²) in [4.78, 5) is 35.3. The van der Waals surface area contributed by atoms with Crippen molar-refractivity contribution in [2.24, 2.45) is 10.8 Å². The number of ether oxygens (including phenoxy) is 3. The van der Waals surface area contributed by atoms with E-state index in [1.807, 2.05) is 6.92 Å². The van der Waals surface area contributed by atoms with Crippen LogP contribution in [0.3, 0.4) is 0 Å². The summed E-state index contributed by atoms with van der Waals surface area (Å²) < 4.78 is 15.1. The molecule has 0 radical (unpaired) electrons. The van der Waals surface area contributed by atoms with Crippen LogP contribution in [-0.4, -0.2) is 37.2 Å². The van der Waals surface area contributed by atoms with Crippen LogP contribution in [0.5, 0.6) is 0 Å². The van der Waals surface area contributed by atoms with Gasteiger partial charge in [0.2, 0.25) is 6.10 Å². The Kier molecular flexibility index (Phi) is 5.36. The van der Waals surface area contributed by atoms with Crippen molar-refractivity contribution < 1.29 is 28.6 Å². The number of rotatable bonds is 6. The standard InChI is InChI=1S/C15H24O6/c1-6-14(2,3)12(17)20-9-15(4,5)13(18)21-10-7-8-19-11(10)16/h10H,6-9H2,1-5H3. The minimum Gasteiger partial charge on any atom is -0.464 e. The van der Waals surface area contributed by atoms with Gasteiger partial charge in [-0.1, -0.05) is 6.92 Å². The third kappa shape index (κ3) is 4.44. The highest BCUT2D eigenvalue weighted by molar-refractivity contribution is 5.83. The Balaban J connectivity index is 2.54. The summed E-state index contributed by atoms with van der Waals surface area (Å²) in [7, 11) is 0. The molecule has 1 aliphatic heterocycles. The Morgan fingerprint density at radius 2 is 1.81 bits per heavy atom. The first-order chi connectivity index (χ1) is 9.60. The molecule has 0 saturated carbocycles. The molecule has 1 aliphatic rings. The Morgan fingerprint density at radius 3 is 2.29 bits per heavy atom. The smallest absolute Gasteiger partial charge is 0.347 e. The molecule has 120 valence electrons. The Bertz CT molecular complexity index is 424. The fourth-order valence-corrected chi connectivity index (χ4v) is 1.52. The van der Waals surface area contributed by atoms with E-state index in [2.05, 4.69) is 0 Å². The summed E-state index contributed by atoms with van der Waals surface area (Å²) >= 11 is 0. The summed E-state index contributed by atoms with van der Waals surface area (Å²) in [5.41, 5.74) is -1.60. The van der Waals surface area contributed by atoms with E-state index in [9.17, 15) is 14.4 Å². The molecule has 0 N–H and O–H groups in total. The maximum Gasteiger partial charge on any atom is 0.347 e. The van der Waals surface area contributed by atoms with Gasteiger partial charge in [0.1, 0.15) is 6.61 Å². The highest BCUT2D eigenvalue weighted by atomic mass is 16.6. The monoisotopic (exact) mass is 300 g/mol. The first-order valence-corrected chi connectivity index (χ1v) is 7.15. The van der Waals surface area contributed by atoms with E-state index in [0.717, 1.165) is 0 Å².